The number of carbonyl (C=O) groups is 1. The highest BCUT2D eigenvalue weighted by molar-refractivity contribution is 7.80. The Kier molecular flexibility index (Phi) is 5.75. The fourth-order valence-electron chi connectivity index (χ4n) is 2.42. The zero-order valence-corrected chi connectivity index (χ0v) is 15.6. The second kappa shape index (κ2) is 8.40. The van der Waals surface area contributed by atoms with Gasteiger partial charge >= 0.3 is 0 Å². The van der Waals surface area contributed by atoms with E-state index in [1.165, 1.54) is 22.9 Å². The van der Waals surface area contributed by atoms with E-state index in [0.717, 1.165) is 0 Å². The lowest BCUT2D eigenvalue weighted by atomic mass is 10.3. The van der Waals surface area contributed by atoms with Crippen LogP contribution >= 0.6 is 12.2 Å². The third-order valence-electron chi connectivity index (χ3n) is 3.73. The molecule has 2 aromatic carbocycles. The Morgan fingerprint density at radius 1 is 1.07 bits per heavy atom. The van der Waals surface area contributed by atoms with Crippen LogP contribution in [0.1, 0.15) is 16.2 Å². The Morgan fingerprint density at radius 2 is 1.75 bits per heavy atom. The monoisotopic (exact) mass is 397 g/mol. The van der Waals surface area contributed by atoms with E-state index < -0.39 is 17.2 Å². The van der Waals surface area contributed by atoms with Crippen molar-refractivity contribution in [1.82, 2.24) is 20.6 Å². The zero-order chi connectivity index (χ0) is 20.1. The highest BCUT2D eigenvalue weighted by Crippen LogP contribution is 2.11. The first kappa shape index (κ1) is 19.2. The number of carbonyl (C=O) groups excluding carboxylic acids is 1. The van der Waals surface area contributed by atoms with Crippen molar-refractivity contribution in [3.8, 4) is 5.69 Å². The molecule has 3 aromatic rings. The van der Waals surface area contributed by atoms with E-state index in [2.05, 4.69) is 21.3 Å². The second-order valence-electron chi connectivity index (χ2n) is 5.76. The number of nitrogens with one attached hydrogen (secondary N) is 3. The molecule has 0 saturated carbocycles. The van der Waals surface area contributed by atoms with Crippen molar-refractivity contribution < 1.29 is 9.18 Å². The number of para-hydroxylation sites is 2. The standard InChI is InChI=1S/C19H16FN5O2S/c1-12-11-16(26)17(24-25(12)13-7-3-2-4-8-13)18(27)22-23-19(28)21-15-10-6-5-9-14(15)20/h2-11H,1H3,(H,22,27)(H2,21,23,28). The molecular weight excluding hydrogens is 381 g/mol. The molecule has 7 nitrogen and oxygen atoms in total. The number of amides is 1. The number of halogens is 1. The lowest BCUT2D eigenvalue weighted by Crippen LogP contribution is -2.45. The summed E-state index contributed by atoms with van der Waals surface area (Å²) in [6.45, 7) is 1.72. The number of nitrogens with zero attached hydrogens (tertiary/aromatic N) is 2. The lowest BCUT2D eigenvalue weighted by molar-refractivity contribution is 0.0936. The molecule has 0 radical (unpaired) electrons. The Bertz CT molecular complexity index is 1090. The molecule has 3 N–H and O–H groups in total. The van der Waals surface area contributed by atoms with Crippen LogP contribution in [0.25, 0.3) is 5.69 Å². The molecule has 0 bridgehead atoms. The predicted octanol–water partition coefficient (Wildman–Crippen LogP) is 2.31. The number of aromatic nitrogens is 2. The predicted molar refractivity (Wildman–Crippen MR) is 108 cm³/mol. The summed E-state index contributed by atoms with van der Waals surface area (Å²) in [7, 11) is 0. The molecule has 0 aliphatic rings. The zero-order valence-electron chi connectivity index (χ0n) is 14.8. The van der Waals surface area contributed by atoms with E-state index in [-0.39, 0.29) is 16.5 Å². The van der Waals surface area contributed by atoms with Crippen LogP contribution < -0.4 is 21.6 Å². The molecule has 28 heavy (non-hydrogen) atoms. The first-order valence-electron chi connectivity index (χ1n) is 8.24. The van der Waals surface area contributed by atoms with Gasteiger partial charge in [0.1, 0.15) is 5.82 Å². The van der Waals surface area contributed by atoms with Crippen molar-refractivity contribution in [2.45, 2.75) is 6.92 Å². The van der Waals surface area contributed by atoms with Gasteiger partial charge in [-0.2, -0.15) is 5.10 Å². The van der Waals surface area contributed by atoms with Crippen molar-refractivity contribution in [2.75, 3.05) is 5.32 Å². The molecule has 142 valence electrons. The molecule has 0 aliphatic heterocycles. The van der Waals surface area contributed by atoms with Crippen LogP contribution in [0.3, 0.4) is 0 Å². The minimum absolute atomic E-state index is 0.0473. The molecule has 0 aliphatic carbocycles. The van der Waals surface area contributed by atoms with E-state index in [4.69, 9.17) is 12.2 Å². The SMILES string of the molecule is Cc1cc(=O)c(C(=O)NNC(=S)Nc2ccccc2F)nn1-c1ccccc1. The van der Waals surface area contributed by atoms with Crippen molar-refractivity contribution >= 4 is 28.9 Å². The van der Waals surface area contributed by atoms with Crippen LogP contribution in [0, 0.1) is 12.7 Å². The van der Waals surface area contributed by atoms with E-state index >= 15 is 0 Å². The summed E-state index contributed by atoms with van der Waals surface area (Å²) >= 11 is 5.01. The summed E-state index contributed by atoms with van der Waals surface area (Å²) in [6, 6.07) is 16.4. The summed E-state index contributed by atoms with van der Waals surface area (Å²) in [5.41, 5.74) is 5.31. The smallest absolute Gasteiger partial charge is 0.294 e. The fraction of sp³-hybridized carbons (Fsp3) is 0.0526. The lowest BCUT2D eigenvalue weighted by Gasteiger charge is -2.13. The highest BCUT2D eigenvalue weighted by Gasteiger charge is 2.15. The maximum Gasteiger partial charge on any atom is 0.294 e. The number of hydrazine groups is 1. The largest absolute Gasteiger partial charge is 0.329 e. The summed E-state index contributed by atoms with van der Waals surface area (Å²) in [6.07, 6.45) is 0. The van der Waals surface area contributed by atoms with Gasteiger partial charge in [-0.1, -0.05) is 30.3 Å². The summed E-state index contributed by atoms with van der Waals surface area (Å²) < 4.78 is 15.1. The Hall–Kier alpha value is -3.59. The van der Waals surface area contributed by atoms with Gasteiger partial charge in [0.25, 0.3) is 5.91 Å². The van der Waals surface area contributed by atoms with Gasteiger partial charge in [-0.15, -0.1) is 0 Å². The van der Waals surface area contributed by atoms with E-state index in [0.29, 0.717) is 11.4 Å². The van der Waals surface area contributed by atoms with Gasteiger partial charge in [-0.25, -0.2) is 9.07 Å². The number of thiocarbonyl (C=S) groups is 1. The van der Waals surface area contributed by atoms with Crippen LogP contribution in [0.4, 0.5) is 10.1 Å². The molecule has 0 unspecified atom stereocenters. The number of rotatable bonds is 3. The maximum absolute atomic E-state index is 13.6. The molecule has 0 fully saturated rings. The van der Waals surface area contributed by atoms with Gasteiger partial charge in [0.05, 0.1) is 11.4 Å². The molecular formula is C19H16FN5O2S. The second-order valence-corrected chi connectivity index (χ2v) is 6.17. The van der Waals surface area contributed by atoms with Gasteiger partial charge in [0, 0.05) is 11.8 Å². The van der Waals surface area contributed by atoms with Gasteiger partial charge < -0.3 is 5.32 Å². The minimum Gasteiger partial charge on any atom is -0.329 e. The molecule has 0 atom stereocenters. The molecule has 1 heterocycles. The van der Waals surface area contributed by atoms with Crippen LogP contribution in [0.15, 0.2) is 65.5 Å². The number of benzene rings is 2. The Balaban J connectivity index is 1.73. The van der Waals surface area contributed by atoms with Gasteiger partial charge in [-0.05, 0) is 43.4 Å². The normalized spacial score (nSPS) is 10.2. The number of hydrogen-bond acceptors (Lipinski definition) is 4. The third-order valence-corrected chi connectivity index (χ3v) is 3.94. The molecule has 3 rings (SSSR count). The Morgan fingerprint density at radius 3 is 2.46 bits per heavy atom. The number of anilines is 1. The first-order valence-corrected chi connectivity index (χ1v) is 8.65. The third kappa shape index (κ3) is 4.38. The molecule has 1 amide bonds. The number of aryl methyl sites for hydroxylation is 1. The molecule has 1 aromatic heterocycles. The summed E-state index contributed by atoms with van der Waals surface area (Å²) in [5, 5.41) is 6.70. The van der Waals surface area contributed by atoms with E-state index in [1.54, 1.807) is 31.2 Å². The average molecular weight is 397 g/mol. The summed E-state index contributed by atoms with van der Waals surface area (Å²) in [4.78, 5) is 24.6. The quantitative estimate of drug-likeness (QED) is 0.464. The highest BCUT2D eigenvalue weighted by atomic mass is 32.1. The van der Waals surface area contributed by atoms with Crippen molar-refractivity contribution in [2.24, 2.45) is 0 Å². The van der Waals surface area contributed by atoms with Crippen LogP contribution in [0.2, 0.25) is 0 Å². The fourth-order valence-corrected chi connectivity index (χ4v) is 2.59. The van der Waals surface area contributed by atoms with Crippen molar-refractivity contribution in [1.29, 1.82) is 0 Å². The molecule has 0 saturated heterocycles. The van der Waals surface area contributed by atoms with E-state index in [1.807, 2.05) is 18.2 Å². The van der Waals surface area contributed by atoms with Crippen molar-refractivity contribution in [3.05, 3.63) is 88.1 Å². The number of hydrogen-bond donors (Lipinski definition) is 3. The maximum atomic E-state index is 13.6. The topological polar surface area (TPSA) is 88.1 Å². The average Bonchev–Trinajstić information content (AvgIpc) is 2.69. The van der Waals surface area contributed by atoms with Crippen LogP contribution in [-0.2, 0) is 0 Å². The van der Waals surface area contributed by atoms with Crippen LogP contribution in [0.5, 0.6) is 0 Å². The minimum atomic E-state index is -0.771. The van der Waals surface area contributed by atoms with Gasteiger partial charge in [0.15, 0.2) is 10.8 Å². The van der Waals surface area contributed by atoms with Gasteiger partial charge in [0.2, 0.25) is 5.43 Å². The Labute approximate surface area is 165 Å². The molecule has 9 heteroatoms. The van der Waals surface area contributed by atoms with Crippen molar-refractivity contribution in [3.63, 3.8) is 0 Å². The first-order chi connectivity index (χ1) is 13.5. The molecule has 0 spiro atoms. The van der Waals surface area contributed by atoms with Gasteiger partial charge in [-0.3, -0.25) is 20.4 Å². The summed E-state index contributed by atoms with van der Waals surface area (Å²) in [5.74, 6) is -1.27. The van der Waals surface area contributed by atoms with Crippen LogP contribution in [-0.4, -0.2) is 20.8 Å². The van der Waals surface area contributed by atoms with E-state index in [9.17, 15) is 14.0 Å².